The van der Waals surface area contributed by atoms with Crippen molar-refractivity contribution in [3.63, 3.8) is 0 Å². The molecule has 11 rings (SSSR count). The number of hydrogen-bond acceptors (Lipinski definition) is 5. The lowest BCUT2D eigenvalue weighted by molar-refractivity contribution is 0.656. The van der Waals surface area contributed by atoms with E-state index in [0.29, 0.717) is 17.5 Å². The molecule has 0 atom stereocenters. The maximum Gasteiger partial charge on any atom is 0.164 e. The summed E-state index contributed by atoms with van der Waals surface area (Å²) in [5.74, 6) is 1.84. The third-order valence-corrected chi connectivity index (χ3v) is 9.88. The SMILES string of the molecule is c1ccc(-c2ccc(-c3nc(-c4ccccc4)nc(-c4ccc5oc6cc7oc8cccc9c%10ccccc%10c(c6c5c4)c7c89)n3)cc2)cc1. The fourth-order valence-corrected chi connectivity index (χ4v) is 7.60. The Hall–Kier alpha value is -6.85. The van der Waals surface area contributed by atoms with Crippen molar-refractivity contribution in [2.24, 2.45) is 0 Å². The highest BCUT2D eigenvalue weighted by Gasteiger charge is 2.23. The molecule has 0 spiro atoms. The molecule has 0 radical (unpaired) electrons. The van der Waals surface area contributed by atoms with Crippen LogP contribution in [-0.4, -0.2) is 15.0 Å². The molecule has 8 aromatic carbocycles. The Morgan fingerprint density at radius 3 is 1.54 bits per heavy atom. The predicted molar refractivity (Wildman–Crippen MR) is 202 cm³/mol. The Morgan fingerprint density at radius 2 is 0.780 bits per heavy atom. The zero-order valence-electron chi connectivity index (χ0n) is 26.6. The van der Waals surface area contributed by atoms with E-state index < -0.39 is 0 Å². The average Bonchev–Trinajstić information content (AvgIpc) is 3.75. The summed E-state index contributed by atoms with van der Waals surface area (Å²) >= 11 is 0. The number of furan rings is 2. The van der Waals surface area contributed by atoms with Crippen LogP contribution in [0.1, 0.15) is 0 Å². The minimum absolute atomic E-state index is 0.600. The van der Waals surface area contributed by atoms with Gasteiger partial charge in [-0.2, -0.15) is 0 Å². The number of rotatable bonds is 4. The molecule has 50 heavy (non-hydrogen) atoms. The van der Waals surface area contributed by atoms with Crippen LogP contribution < -0.4 is 0 Å². The molecule has 0 N–H and O–H groups in total. The van der Waals surface area contributed by atoms with Crippen molar-refractivity contribution in [1.82, 2.24) is 15.0 Å². The van der Waals surface area contributed by atoms with Crippen LogP contribution in [0.15, 0.2) is 160 Å². The standard InChI is InChI=1S/C45H25N3O2/c1-3-10-26(11-4-1)27-18-20-29(21-19-27)44-46-43(28-12-5-2-6-13-28)47-45(48-44)30-22-23-35-34(24-30)40-37(49-35)25-38-42-39-32(16-9-17-36(39)50-38)31-14-7-8-15-33(31)41(40)42/h1-25H. The quantitative estimate of drug-likeness (QED) is 0.179. The Morgan fingerprint density at radius 1 is 0.280 bits per heavy atom. The second-order valence-corrected chi connectivity index (χ2v) is 12.8. The van der Waals surface area contributed by atoms with E-state index in [-0.39, 0.29) is 0 Å². The lowest BCUT2D eigenvalue weighted by Crippen LogP contribution is -2.00. The molecule has 5 nitrogen and oxygen atoms in total. The van der Waals surface area contributed by atoms with E-state index in [9.17, 15) is 0 Å². The number of benzene rings is 8. The first-order valence-electron chi connectivity index (χ1n) is 16.7. The first kappa shape index (κ1) is 27.1. The zero-order chi connectivity index (χ0) is 32.8. The number of aromatic nitrogens is 3. The summed E-state index contributed by atoms with van der Waals surface area (Å²) in [6, 6.07) is 52.0. The van der Waals surface area contributed by atoms with Gasteiger partial charge >= 0.3 is 0 Å². The third kappa shape index (κ3) is 3.98. The second-order valence-electron chi connectivity index (χ2n) is 12.8. The Kier molecular flexibility index (Phi) is 5.60. The molecule has 0 aliphatic rings. The fraction of sp³-hybridized carbons (Fsp3) is 0. The van der Waals surface area contributed by atoms with Crippen LogP contribution in [-0.2, 0) is 0 Å². The summed E-state index contributed by atoms with van der Waals surface area (Å²) in [5, 5.41) is 9.05. The van der Waals surface area contributed by atoms with E-state index in [1.165, 1.54) is 21.7 Å². The molecule has 0 amide bonds. The molecule has 5 heteroatoms. The molecule has 0 fully saturated rings. The minimum Gasteiger partial charge on any atom is -0.456 e. The van der Waals surface area contributed by atoms with E-state index in [1.54, 1.807) is 0 Å². The monoisotopic (exact) mass is 639 g/mol. The van der Waals surface area contributed by atoms with Crippen LogP contribution in [0, 0.1) is 0 Å². The number of fused-ring (bicyclic) bond motifs is 7. The van der Waals surface area contributed by atoms with Gasteiger partial charge in [0.25, 0.3) is 0 Å². The lowest BCUT2D eigenvalue weighted by atomic mass is 9.92. The van der Waals surface area contributed by atoms with Crippen LogP contribution in [0.5, 0.6) is 0 Å². The van der Waals surface area contributed by atoms with Gasteiger partial charge in [0.15, 0.2) is 17.5 Å². The highest BCUT2D eigenvalue weighted by Crippen LogP contribution is 2.48. The molecule has 11 aromatic rings. The van der Waals surface area contributed by atoms with Gasteiger partial charge in [0, 0.05) is 49.7 Å². The fourth-order valence-electron chi connectivity index (χ4n) is 7.60. The molecular weight excluding hydrogens is 615 g/mol. The molecule has 0 bridgehead atoms. The van der Waals surface area contributed by atoms with E-state index in [4.69, 9.17) is 23.8 Å². The predicted octanol–water partition coefficient (Wildman–Crippen LogP) is 12.1. The molecule has 0 aliphatic heterocycles. The Labute approximate surface area is 285 Å². The topological polar surface area (TPSA) is 65.0 Å². The van der Waals surface area contributed by atoms with Crippen molar-refractivity contribution < 1.29 is 8.83 Å². The van der Waals surface area contributed by atoms with Gasteiger partial charge in [-0.15, -0.1) is 0 Å². The maximum atomic E-state index is 6.55. The molecule has 0 aliphatic carbocycles. The average molecular weight is 640 g/mol. The molecule has 232 valence electrons. The van der Waals surface area contributed by atoms with Crippen molar-refractivity contribution in [2.45, 2.75) is 0 Å². The van der Waals surface area contributed by atoms with Crippen LogP contribution in [0.25, 0.3) is 111 Å². The van der Waals surface area contributed by atoms with Gasteiger partial charge in [-0.25, -0.2) is 15.0 Å². The largest absolute Gasteiger partial charge is 0.456 e. The van der Waals surface area contributed by atoms with Gasteiger partial charge in [-0.05, 0) is 51.6 Å². The van der Waals surface area contributed by atoms with Crippen molar-refractivity contribution in [1.29, 1.82) is 0 Å². The first-order chi connectivity index (χ1) is 24.8. The third-order valence-electron chi connectivity index (χ3n) is 9.88. The molecule has 3 aromatic heterocycles. The summed E-state index contributed by atoms with van der Waals surface area (Å²) in [5.41, 5.74) is 8.35. The van der Waals surface area contributed by atoms with E-state index in [1.807, 2.05) is 60.7 Å². The van der Waals surface area contributed by atoms with Gasteiger partial charge in [-0.1, -0.05) is 121 Å². The van der Waals surface area contributed by atoms with Crippen molar-refractivity contribution >= 4 is 65.4 Å². The van der Waals surface area contributed by atoms with Crippen molar-refractivity contribution in [2.75, 3.05) is 0 Å². The number of nitrogens with zero attached hydrogens (tertiary/aromatic N) is 3. The van der Waals surface area contributed by atoms with E-state index in [0.717, 1.165) is 71.5 Å². The molecular formula is C45H25N3O2. The minimum atomic E-state index is 0.600. The highest BCUT2D eigenvalue weighted by atomic mass is 16.3. The summed E-state index contributed by atoms with van der Waals surface area (Å²) in [4.78, 5) is 15.1. The van der Waals surface area contributed by atoms with Crippen LogP contribution >= 0.6 is 0 Å². The molecule has 0 unspecified atom stereocenters. The van der Waals surface area contributed by atoms with Gasteiger partial charge in [-0.3, -0.25) is 0 Å². The zero-order valence-corrected chi connectivity index (χ0v) is 26.6. The summed E-state index contributed by atoms with van der Waals surface area (Å²) in [7, 11) is 0. The summed E-state index contributed by atoms with van der Waals surface area (Å²) in [6.45, 7) is 0. The second kappa shape index (κ2) is 10.3. The van der Waals surface area contributed by atoms with E-state index >= 15 is 0 Å². The van der Waals surface area contributed by atoms with Crippen molar-refractivity contribution in [3.8, 4) is 45.3 Å². The van der Waals surface area contributed by atoms with E-state index in [2.05, 4.69) is 91.0 Å². The first-order valence-corrected chi connectivity index (χ1v) is 16.7. The van der Waals surface area contributed by atoms with Gasteiger partial charge in [0.2, 0.25) is 0 Å². The highest BCUT2D eigenvalue weighted by molar-refractivity contribution is 6.40. The maximum absolute atomic E-state index is 6.55. The van der Waals surface area contributed by atoms with Crippen molar-refractivity contribution in [3.05, 3.63) is 152 Å². The molecule has 0 saturated carbocycles. The van der Waals surface area contributed by atoms with Crippen LogP contribution in [0.2, 0.25) is 0 Å². The number of hydrogen-bond donors (Lipinski definition) is 0. The lowest BCUT2D eigenvalue weighted by Gasteiger charge is -2.10. The summed E-state index contributed by atoms with van der Waals surface area (Å²) < 4.78 is 13.0. The summed E-state index contributed by atoms with van der Waals surface area (Å²) in [6.07, 6.45) is 0. The van der Waals surface area contributed by atoms with Crippen LogP contribution in [0.3, 0.4) is 0 Å². The van der Waals surface area contributed by atoms with Gasteiger partial charge < -0.3 is 8.83 Å². The molecule has 3 heterocycles. The smallest absolute Gasteiger partial charge is 0.164 e. The normalized spacial score (nSPS) is 12.0. The Bertz CT molecular complexity index is 3070. The molecule has 0 saturated heterocycles. The Balaban J connectivity index is 1.15. The van der Waals surface area contributed by atoms with Gasteiger partial charge in [0.1, 0.15) is 22.3 Å². The van der Waals surface area contributed by atoms with Crippen LogP contribution in [0.4, 0.5) is 0 Å². The van der Waals surface area contributed by atoms with Gasteiger partial charge in [0.05, 0.1) is 0 Å².